The van der Waals surface area contributed by atoms with Gasteiger partial charge in [-0.2, -0.15) is 0 Å². The number of ether oxygens (including phenoxy) is 1. The van der Waals surface area contributed by atoms with Crippen molar-refractivity contribution < 1.29 is 9.84 Å². The SMILES string of the molecule is COc1ccccc1N=Cc1c(O)n(C)c2ccccc12. The largest absolute Gasteiger partial charge is 0.494 e. The number of para-hydroxylation sites is 3. The topological polar surface area (TPSA) is 46.8 Å². The number of fused-ring (bicyclic) bond motifs is 1. The summed E-state index contributed by atoms with van der Waals surface area (Å²) in [6.45, 7) is 0. The fourth-order valence-corrected chi connectivity index (χ4v) is 2.41. The number of hydrogen-bond donors (Lipinski definition) is 1. The zero-order chi connectivity index (χ0) is 14.8. The fourth-order valence-electron chi connectivity index (χ4n) is 2.41. The molecule has 4 heteroatoms. The molecule has 0 aliphatic heterocycles. The van der Waals surface area contributed by atoms with Crippen LogP contribution in [-0.2, 0) is 7.05 Å². The Hall–Kier alpha value is -2.75. The van der Waals surface area contributed by atoms with Gasteiger partial charge in [0.25, 0.3) is 0 Å². The third kappa shape index (κ3) is 2.25. The van der Waals surface area contributed by atoms with Gasteiger partial charge in [-0.3, -0.25) is 4.99 Å². The van der Waals surface area contributed by atoms with E-state index in [0.29, 0.717) is 11.3 Å². The van der Waals surface area contributed by atoms with Gasteiger partial charge in [0.2, 0.25) is 5.88 Å². The van der Waals surface area contributed by atoms with Gasteiger partial charge in [0.05, 0.1) is 18.2 Å². The van der Waals surface area contributed by atoms with Gasteiger partial charge in [0.15, 0.2) is 0 Å². The van der Waals surface area contributed by atoms with Crippen LogP contribution in [0.1, 0.15) is 5.56 Å². The molecule has 2 aromatic carbocycles. The number of hydrogen-bond acceptors (Lipinski definition) is 3. The molecule has 1 heterocycles. The van der Waals surface area contributed by atoms with Crippen molar-refractivity contribution in [2.75, 3.05) is 7.11 Å². The highest BCUT2D eigenvalue weighted by Crippen LogP contribution is 2.31. The van der Waals surface area contributed by atoms with Crippen LogP contribution in [0.3, 0.4) is 0 Å². The number of aromatic hydroxyl groups is 1. The lowest BCUT2D eigenvalue weighted by atomic mass is 10.2. The van der Waals surface area contributed by atoms with Gasteiger partial charge < -0.3 is 14.4 Å². The van der Waals surface area contributed by atoms with Crippen molar-refractivity contribution in [1.29, 1.82) is 0 Å². The third-order valence-electron chi connectivity index (χ3n) is 3.53. The van der Waals surface area contributed by atoms with E-state index in [1.165, 1.54) is 0 Å². The van der Waals surface area contributed by atoms with Crippen molar-refractivity contribution in [2.24, 2.45) is 12.0 Å². The van der Waals surface area contributed by atoms with E-state index in [9.17, 15) is 5.11 Å². The summed E-state index contributed by atoms with van der Waals surface area (Å²) in [4.78, 5) is 4.45. The highest BCUT2D eigenvalue weighted by molar-refractivity contribution is 6.03. The predicted molar refractivity (Wildman–Crippen MR) is 84.8 cm³/mol. The summed E-state index contributed by atoms with van der Waals surface area (Å²) >= 11 is 0. The molecule has 0 spiro atoms. The Morgan fingerprint density at radius 3 is 2.62 bits per heavy atom. The van der Waals surface area contributed by atoms with E-state index >= 15 is 0 Å². The molecule has 0 amide bonds. The molecular formula is C17H16N2O2. The molecule has 0 fully saturated rings. The summed E-state index contributed by atoms with van der Waals surface area (Å²) in [7, 11) is 3.45. The molecule has 0 radical (unpaired) electrons. The van der Waals surface area contributed by atoms with Gasteiger partial charge >= 0.3 is 0 Å². The summed E-state index contributed by atoms with van der Waals surface area (Å²) < 4.78 is 7.02. The Morgan fingerprint density at radius 2 is 1.81 bits per heavy atom. The van der Waals surface area contributed by atoms with E-state index in [2.05, 4.69) is 4.99 Å². The summed E-state index contributed by atoms with van der Waals surface area (Å²) in [5.74, 6) is 0.906. The third-order valence-corrected chi connectivity index (χ3v) is 3.53. The lowest BCUT2D eigenvalue weighted by Crippen LogP contribution is -1.86. The van der Waals surface area contributed by atoms with E-state index in [0.717, 1.165) is 16.6 Å². The first kappa shape index (κ1) is 13.2. The Morgan fingerprint density at radius 1 is 1.10 bits per heavy atom. The van der Waals surface area contributed by atoms with Gasteiger partial charge in [-0.15, -0.1) is 0 Å². The number of methoxy groups -OCH3 is 1. The van der Waals surface area contributed by atoms with Crippen molar-refractivity contribution in [2.45, 2.75) is 0 Å². The van der Waals surface area contributed by atoms with E-state index in [-0.39, 0.29) is 5.88 Å². The molecule has 0 aliphatic carbocycles. The average Bonchev–Trinajstić information content (AvgIpc) is 2.78. The fraction of sp³-hybridized carbons (Fsp3) is 0.118. The highest BCUT2D eigenvalue weighted by Gasteiger charge is 2.12. The Balaban J connectivity index is 2.10. The molecule has 1 N–H and O–H groups in total. The molecule has 0 unspecified atom stereocenters. The van der Waals surface area contributed by atoms with Crippen LogP contribution in [0.25, 0.3) is 10.9 Å². The number of rotatable bonds is 3. The van der Waals surface area contributed by atoms with Crippen LogP contribution < -0.4 is 4.74 Å². The Labute approximate surface area is 122 Å². The molecule has 3 rings (SSSR count). The van der Waals surface area contributed by atoms with Crippen molar-refractivity contribution >= 4 is 22.8 Å². The van der Waals surface area contributed by atoms with Crippen molar-refractivity contribution in [3.8, 4) is 11.6 Å². The summed E-state index contributed by atoms with van der Waals surface area (Å²) in [6.07, 6.45) is 1.68. The first-order chi connectivity index (χ1) is 10.2. The number of benzene rings is 2. The molecule has 106 valence electrons. The molecule has 1 aromatic heterocycles. The molecule has 0 saturated heterocycles. The van der Waals surface area contributed by atoms with Crippen LogP contribution in [0.2, 0.25) is 0 Å². The zero-order valence-electron chi connectivity index (χ0n) is 11.9. The number of aliphatic imine (C=N–C) groups is 1. The minimum absolute atomic E-state index is 0.204. The first-order valence-corrected chi connectivity index (χ1v) is 6.66. The molecule has 3 aromatic rings. The van der Waals surface area contributed by atoms with E-state index in [4.69, 9.17) is 4.74 Å². The van der Waals surface area contributed by atoms with Gasteiger partial charge in [-0.1, -0.05) is 30.3 Å². The van der Waals surface area contributed by atoms with E-state index in [1.54, 1.807) is 17.9 Å². The van der Waals surface area contributed by atoms with Gasteiger partial charge in [0, 0.05) is 18.6 Å². The van der Waals surface area contributed by atoms with Crippen LogP contribution in [0.15, 0.2) is 53.5 Å². The Kier molecular flexibility index (Phi) is 3.36. The monoisotopic (exact) mass is 280 g/mol. The second-order valence-electron chi connectivity index (χ2n) is 4.74. The molecule has 0 atom stereocenters. The second kappa shape index (κ2) is 5.32. The van der Waals surface area contributed by atoms with Crippen LogP contribution >= 0.6 is 0 Å². The minimum Gasteiger partial charge on any atom is -0.494 e. The molecule has 4 nitrogen and oxygen atoms in total. The lowest BCUT2D eigenvalue weighted by molar-refractivity contribution is 0.416. The number of aromatic nitrogens is 1. The number of nitrogens with zero attached hydrogens (tertiary/aromatic N) is 2. The van der Waals surface area contributed by atoms with Gasteiger partial charge in [-0.25, -0.2) is 0 Å². The quantitative estimate of drug-likeness (QED) is 0.744. The molecule has 0 bridgehead atoms. The van der Waals surface area contributed by atoms with Crippen LogP contribution in [0.4, 0.5) is 5.69 Å². The zero-order valence-corrected chi connectivity index (χ0v) is 11.9. The maximum Gasteiger partial charge on any atom is 0.200 e. The maximum absolute atomic E-state index is 10.3. The van der Waals surface area contributed by atoms with Crippen LogP contribution in [0, 0.1) is 0 Å². The summed E-state index contributed by atoms with van der Waals surface area (Å²) in [5, 5.41) is 11.2. The van der Waals surface area contributed by atoms with Crippen molar-refractivity contribution in [3.63, 3.8) is 0 Å². The smallest absolute Gasteiger partial charge is 0.200 e. The summed E-state index contributed by atoms with van der Waals surface area (Å²) in [5.41, 5.74) is 2.41. The average molecular weight is 280 g/mol. The van der Waals surface area contributed by atoms with Crippen molar-refractivity contribution in [1.82, 2.24) is 4.57 Å². The van der Waals surface area contributed by atoms with Gasteiger partial charge in [-0.05, 0) is 18.2 Å². The van der Waals surface area contributed by atoms with E-state index in [1.807, 2.05) is 55.6 Å². The normalized spacial score (nSPS) is 11.3. The van der Waals surface area contributed by atoms with E-state index < -0.39 is 0 Å². The Bertz CT molecular complexity index is 819. The number of aryl methyl sites for hydroxylation is 1. The highest BCUT2D eigenvalue weighted by atomic mass is 16.5. The molecule has 0 saturated carbocycles. The van der Waals surface area contributed by atoms with Crippen molar-refractivity contribution in [3.05, 3.63) is 54.1 Å². The standard InChI is InChI=1S/C17H16N2O2/c1-19-15-9-5-3-7-12(15)13(17(19)20)11-18-14-8-4-6-10-16(14)21-2/h3-11,20H,1-2H3. The lowest BCUT2D eigenvalue weighted by Gasteiger charge is -2.02. The molecule has 21 heavy (non-hydrogen) atoms. The van der Waals surface area contributed by atoms with Gasteiger partial charge in [0.1, 0.15) is 11.4 Å². The molecular weight excluding hydrogens is 264 g/mol. The maximum atomic E-state index is 10.3. The summed E-state index contributed by atoms with van der Waals surface area (Å²) in [6, 6.07) is 15.4. The minimum atomic E-state index is 0.204. The predicted octanol–water partition coefficient (Wildman–Crippen LogP) is 3.64. The van der Waals surface area contributed by atoms with Crippen LogP contribution in [-0.4, -0.2) is 23.0 Å². The molecule has 0 aliphatic rings. The first-order valence-electron chi connectivity index (χ1n) is 6.66. The second-order valence-corrected chi connectivity index (χ2v) is 4.74. The van der Waals surface area contributed by atoms with Crippen LogP contribution in [0.5, 0.6) is 11.6 Å².